The van der Waals surface area contributed by atoms with E-state index in [0.29, 0.717) is 5.92 Å². The van der Waals surface area contributed by atoms with Crippen LogP contribution in [0.5, 0.6) is 0 Å². The first-order chi connectivity index (χ1) is 6.86. The first-order valence-corrected chi connectivity index (χ1v) is 5.71. The van der Waals surface area contributed by atoms with Crippen LogP contribution in [0.2, 0.25) is 0 Å². The predicted molar refractivity (Wildman–Crippen MR) is 56.0 cm³/mol. The third-order valence-corrected chi connectivity index (χ3v) is 3.55. The molecule has 0 aliphatic heterocycles. The van der Waals surface area contributed by atoms with Crippen molar-refractivity contribution in [2.45, 2.75) is 25.7 Å². The highest BCUT2D eigenvalue weighted by Gasteiger charge is 2.24. The van der Waals surface area contributed by atoms with E-state index in [4.69, 9.17) is 0 Å². The summed E-state index contributed by atoms with van der Waals surface area (Å²) in [5, 5.41) is 7.37. The molecule has 3 nitrogen and oxygen atoms in total. The van der Waals surface area contributed by atoms with Gasteiger partial charge in [-0.05, 0) is 24.3 Å². The van der Waals surface area contributed by atoms with Gasteiger partial charge in [-0.2, -0.15) is 5.10 Å². The van der Waals surface area contributed by atoms with Gasteiger partial charge in [-0.25, -0.2) is 9.67 Å². The van der Waals surface area contributed by atoms with Crippen molar-refractivity contribution in [3.05, 3.63) is 29.0 Å². The highest BCUT2D eigenvalue weighted by atomic mass is 32.1. The maximum atomic E-state index is 4.40. The quantitative estimate of drug-likeness (QED) is 0.715. The third-order valence-electron chi connectivity index (χ3n) is 2.80. The number of hydrogen-bond acceptors (Lipinski definition) is 3. The second-order valence-corrected chi connectivity index (χ2v) is 4.59. The molecule has 2 aromatic heterocycles. The van der Waals surface area contributed by atoms with Crippen LogP contribution >= 0.6 is 11.3 Å². The highest BCUT2D eigenvalue weighted by Crippen LogP contribution is 2.33. The second-order valence-electron chi connectivity index (χ2n) is 3.72. The monoisotopic (exact) mass is 205 g/mol. The van der Waals surface area contributed by atoms with Gasteiger partial charge in [-0.15, -0.1) is 11.3 Å². The Morgan fingerprint density at radius 2 is 2.50 bits per heavy atom. The van der Waals surface area contributed by atoms with Crippen LogP contribution in [0.3, 0.4) is 0 Å². The van der Waals surface area contributed by atoms with Crippen molar-refractivity contribution in [2.24, 2.45) is 0 Å². The highest BCUT2D eigenvalue weighted by molar-refractivity contribution is 7.12. The summed E-state index contributed by atoms with van der Waals surface area (Å²) >= 11 is 1.64. The summed E-state index contributed by atoms with van der Waals surface area (Å²) in [7, 11) is 0. The summed E-state index contributed by atoms with van der Waals surface area (Å²) in [6, 6.07) is 0. The van der Waals surface area contributed by atoms with Crippen LogP contribution in [0.25, 0.3) is 5.13 Å². The molecular weight excluding hydrogens is 194 g/mol. The molecule has 0 saturated carbocycles. The number of hydrogen-bond donors (Lipinski definition) is 0. The van der Waals surface area contributed by atoms with Crippen molar-refractivity contribution in [3.63, 3.8) is 0 Å². The lowest BCUT2D eigenvalue weighted by atomic mass is 10.1. The summed E-state index contributed by atoms with van der Waals surface area (Å²) in [5.41, 5.74) is 2.76. The lowest BCUT2D eigenvalue weighted by Gasteiger charge is -2.05. The van der Waals surface area contributed by atoms with E-state index in [-0.39, 0.29) is 0 Å². The molecule has 4 heteroatoms. The largest absolute Gasteiger partial charge is 0.227 e. The van der Waals surface area contributed by atoms with E-state index in [1.807, 2.05) is 22.5 Å². The zero-order chi connectivity index (χ0) is 9.54. The van der Waals surface area contributed by atoms with Crippen molar-refractivity contribution in [2.75, 3.05) is 0 Å². The summed E-state index contributed by atoms with van der Waals surface area (Å²) in [6.07, 6.45) is 6.23. The molecule has 0 radical (unpaired) electrons. The van der Waals surface area contributed by atoms with Gasteiger partial charge in [0.05, 0.1) is 11.9 Å². The maximum Gasteiger partial charge on any atom is 0.210 e. The molecule has 2 heterocycles. The third kappa shape index (κ3) is 1.04. The molecule has 2 aromatic rings. The molecule has 3 rings (SSSR count). The minimum absolute atomic E-state index is 0.622. The van der Waals surface area contributed by atoms with E-state index in [9.17, 15) is 0 Å². The molecule has 0 aromatic carbocycles. The number of aryl methyl sites for hydroxylation is 1. The Morgan fingerprint density at radius 3 is 3.29 bits per heavy atom. The fourth-order valence-corrected chi connectivity index (χ4v) is 2.70. The molecule has 72 valence electrons. The van der Waals surface area contributed by atoms with Gasteiger partial charge in [-0.1, -0.05) is 6.92 Å². The van der Waals surface area contributed by atoms with Gasteiger partial charge in [0, 0.05) is 11.6 Å². The fourth-order valence-electron chi connectivity index (χ4n) is 2.09. The lowest BCUT2D eigenvalue weighted by Crippen LogP contribution is -2.02. The van der Waals surface area contributed by atoms with Crippen LogP contribution in [0, 0.1) is 0 Å². The fraction of sp³-hybridized carbons (Fsp3) is 0.400. The second kappa shape index (κ2) is 2.92. The standard InChI is InChI=1S/C10H11N3S/c1-7-2-3-8-6-12-13(9(7)8)10-11-4-5-14-10/h4-7H,2-3H2,1H3. The Kier molecular flexibility index (Phi) is 1.70. The Hall–Kier alpha value is -1.16. The number of aromatic nitrogens is 3. The van der Waals surface area contributed by atoms with E-state index < -0.39 is 0 Å². The zero-order valence-corrected chi connectivity index (χ0v) is 8.79. The van der Waals surface area contributed by atoms with Gasteiger partial charge >= 0.3 is 0 Å². The van der Waals surface area contributed by atoms with Gasteiger partial charge in [0.2, 0.25) is 5.13 Å². The molecule has 0 bridgehead atoms. The average Bonchev–Trinajstić information content (AvgIpc) is 2.84. The SMILES string of the molecule is CC1CCc2cnn(-c3nccs3)c21. The minimum Gasteiger partial charge on any atom is -0.227 e. The summed E-state index contributed by atoms with van der Waals surface area (Å²) in [4.78, 5) is 4.29. The molecule has 1 aliphatic rings. The molecule has 0 spiro atoms. The van der Waals surface area contributed by atoms with Crippen LogP contribution in [0.4, 0.5) is 0 Å². The van der Waals surface area contributed by atoms with Gasteiger partial charge in [-0.3, -0.25) is 0 Å². The number of rotatable bonds is 1. The van der Waals surface area contributed by atoms with Gasteiger partial charge < -0.3 is 0 Å². The van der Waals surface area contributed by atoms with Crippen molar-refractivity contribution in [1.29, 1.82) is 0 Å². The maximum absolute atomic E-state index is 4.40. The Balaban J connectivity index is 2.17. The molecule has 1 unspecified atom stereocenters. The smallest absolute Gasteiger partial charge is 0.210 e. The average molecular weight is 205 g/mol. The minimum atomic E-state index is 0.622. The van der Waals surface area contributed by atoms with E-state index in [1.54, 1.807) is 11.3 Å². The first-order valence-electron chi connectivity index (χ1n) is 4.83. The van der Waals surface area contributed by atoms with Crippen LogP contribution in [-0.2, 0) is 6.42 Å². The van der Waals surface area contributed by atoms with Gasteiger partial charge in [0.25, 0.3) is 0 Å². The lowest BCUT2D eigenvalue weighted by molar-refractivity contribution is 0.677. The Bertz CT molecular complexity index is 444. The van der Waals surface area contributed by atoms with Crippen molar-refractivity contribution in [3.8, 4) is 5.13 Å². The molecule has 0 fully saturated rings. The molecule has 14 heavy (non-hydrogen) atoms. The zero-order valence-electron chi connectivity index (χ0n) is 7.97. The van der Waals surface area contributed by atoms with E-state index >= 15 is 0 Å². The normalized spacial score (nSPS) is 19.9. The van der Waals surface area contributed by atoms with E-state index in [2.05, 4.69) is 17.0 Å². The van der Waals surface area contributed by atoms with E-state index in [0.717, 1.165) is 5.13 Å². The summed E-state index contributed by atoms with van der Waals surface area (Å²) in [6.45, 7) is 2.26. The Labute approximate surface area is 86.4 Å². The number of fused-ring (bicyclic) bond motifs is 1. The van der Waals surface area contributed by atoms with Crippen molar-refractivity contribution >= 4 is 11.3 Å². The summed E-state index contributed by atoms with van der Waals surface area (Å²) < 4.78 is 2.00. The topological polar surface area (TPSA) is 30.7 Å². The van der Waals surface area contributed by atoms with Crippen molar-refractivity contribution < 1.29 is 0 Å². The number of thiazole rings is 1. The molecule has 1 atom stereocenters. The molecule has 1 aliphatic carbocycles. The molecular formula is C10H11N3S. The van der Waals surface area contributed by atoms with Crippen LogP contribution in [-0.4, -0.2) is 14.8 Å². The van der Waals surface area contributed by atoms with Gasteiger partial charge in [0.1, 0.15) is 0 Å². The van der Waals surface area contributed by atoms with Gasteiger partial charge in [0.15, 0.2) is 0 Å². The van der Waals surface area contributed by atoms with Crippen LogP contribution in [0.15, 0.2) is 17.8 Å². The predicted octanol–water partition coefficient (Wildman–Crippen LogP) is 2.38. The van der Waals surface area contributed by atoms with Crippen LogP contribution < -0.4 is 0 Å². The Morgan fingerprint density at radius 1 is 1.57 bits per heavy atom. The van der Waals surface area contributed by atoms with Crippen LogP contribution in [0.1, 0.15) is 30.5 Å². The first kappa shape index (κ1) is 8.17. The summed E-state index contributed by atoms with van der Waals surface area (Å²) in [5.74, 6) is 0.622. The van der Waals surface area contributed by atoms with Crippen molar-refractivity contribution in [1.82, 2.24) is 14.8 Å². The van der Waals surface area contributed by atoms with E-state index in [1.165, 1.54) is 24.1 Å². The molecule has 0 amide bonds. The molecule has 0 saturated heterocycles. The number of nitrogens with zero attached hydrogens (tertiary/aromatic N) is 3. The molecule has 0 N–H and O–H groups in total.